The van der Waals surface area contributed by atoms with E-state index in [1.165, 1.54) is 25.7 Å². The highest BCUT2D eigenvalue weighted by Gasteiger charge is 2.62. The quantitative estimate of drug-likeness (QED) is 0.640. The average molecular weight is 347 g/mol. The van der Waals surface area contributed by atoms with Crippen LogP contribution in [0.25, 0.3) is 0 Å². The van der Waals surface area contributed by atoms with Crippen molar-refractivity contribution in [3.05, 3.63) is 0 Å². The lowest BCUT2D eigenvalue weighted by molar-refractivity contribution is -0.177. The molecule has 1 unspecified atom stereocenters. The molecule has 2 heteroatoms. The van der Waals surface area contributed by atoms with Gasteiger partial charge in [-0.25, -0.2) is 0 Å². The molecule has 1 N–H and O–H groups in total. The summed E-state index contributed by atoms with van der Waals surface area (Å²) in [5.74, 6) is 3.38. The summed E-state index contributed by atoms with van der Waals surface area (Å²) in [7, 11) is 0. The number of ketones is 1. The Morgan fingerprint density at radius 1 is 0.960 bits per heavy atom. The number of carbonyl (C=O) groups is 1. The van der Waals surface area contributed by atoms with Gasteiger partial charge in [0.2, 0.25) is 0 Å². The van der Waals surface area contributed by atoms with Crippen LogP contribution in [0.2, 0.25) is 0 Å². The first-order valence-corrected chi connectivity index (χ1v) is 10.8. The van der Waals surface area contributed by atoms with Crippen LogP contribution in [-0.4, -0.2) is 16.5 Å². The Morgan fingerprint density at radius 3 is 2.36 bits per heavy atom. The van der Waals surface area contributed by atoms with Crippen LogP contribution in [0.4, 0.5) is 0 Å². The molecule has 25 heavy (non-hydrogen) atoms. The number of rotatable bonds is 0. The SMILES string of the molecule is CC(C)(C)[C@@]1(O)CC[C@@]2(C)C(CC[C@@H]3[C@@H]2CC[C@]2(C)C(=O)CC[C@@H]32)C1. The van der Waals surface area contributed by atoms with Gasteiger partial charge in [0.05, 0.1) is 5.60 Å². The van der Waals surface area contributed by atoms with Gasteiger partial charge in [-0.3, -0.25) is 4.79 Å². The molecule has 4 saturated carbocycles. The van der Waals surface area contributed by atoms with E-state index in [0.29, 0.717) is 23.0 Å². The Balaban J connectivity index is 1.60. The Kier molecular flexibility index (Phi) is 3.84. The van der Waals surface area contributed by atoms with Crippen LogP contribution in [0.15, 0.2) is 0 Å². The van der Waals surface area contributed by atoms with Gasteiger partial charge in [0.1, 0.15) is 5.78 Å². The van der Waals surface area contributed by atoms with E-state index < -0.39 is 5.60 Å². The number of Topliss-reactive ketones (excluding diaryl/α,β-unsaturated/α-hetero) is 1. The third kappa shape index (κ3) is 2.35. The second-order valence-corrected chi connectivity index (χ2v) is 11.6. The third-order valence-electron chi connectivity index (χ3n) is 9.83. The third-order valence-corrected chi connectivity index (χ3v) is 9.83. The second-order valence-electron chi connectivity index (χ2n) is 11.6. The van der Waals surface area contributed by atoms with Crippen molar-refractivity contribution in [2.45, 2.75) is 98.0 Å². The Bertz CT molecular complexity index is 575. The summed E-state index contributed by atoms with van der Waals surface area (Å²) in [6, 6.07) is 0. The highest BCUT2D eigenvalue weighted by molar-refractivity contribution is 5.87. The normalized spacial score (nSPS) is 53.1. The fourth-order valence-corrected chi connectivity index (χ4v) is 7.70. The lowest BCUT2D eigenvalue weighted by Gasteiger charge is -2.62. The molecule has 4 rings (SSSR count). The molecule has 0 saturated heterocycles. The summed E-state index contributed by atoms with van der Waals surface area (Å²) < 4.78 is 0. The van der Waals surface area contributed by atoms with Gasteiger partial charge in [-0.05, 0) is 85.9 Å². The minimum Gasteiger partial charge on any atom is -0.389 e. The number of hydrogen-bond donors (Lipinski definition) is 1. The van der Waals surface area contributed by atoms with E-state index in [9.17, 15) is 9.90 Å². The maximum Gasteiger partial charge on any atom is 0.139 e. The Labute approximate surface area is 154 Å². The molecule has 7 atom stereocenters. The molecule has 0 aliphatic heterocycles. The van der Waals surface area contributed by atoms with E-state index in [0.717, 1.165) is 43.9 Å². The lowest BCUT2D eigenvalue weighted by atomic mass is 9.43. The number of carbonyl (C=O) groups excluding carboxylic acids is 1. The van der Waals surface area contributed by atoms with Gasteiger partial charge in [-0.15, -0.1) is 0 Å². The minimum atomic E-state index is -0.503. The van der Waals surface area contributed by atoms with Crippen LogP contribution in [0.1, 0.15) is 92.4 Å². The van der Waals surface area contributed by atoms with Crippen LogP contribution in [0, 0.1) is 39.9 Å². The van der Waals surface area contributed by atoms with Gasteiger partial charge in [0.25, 0.3) is 0 Å². The van der Waals surface area contributed by atoms with E-state index in [4.69, 9.17) is 0 Å². The number of hydrogen-bond acceptors (Lipinski definition) is 2. The first kappa shape index (κ1) is 18.0. The zero-order valence-electron chi connectivity index (χ0n) is 17.0. The molecular formula is C23H38O2. The van der Waals surface area contributed by atoms with Crippen molar-refractivity contribution in [1.29, 1.82) is 0 Å². The Hall–Kier alpha value is -0.370. The van der Waals surface area contributed by atoms with E-state index in [1.807, 2.05) is 0 Å². The van der Waals surface area contributed by atoms with E-state index in [-0.39, 0.29) is 10.8 Å². The van der Waals surface area contributed by atoms with Gasteiger partial charge in [-0.2, -0.15) is 0 Å². The van der Waals surface area contributed by atoms with Crippen LogP contribution < -0.4 is 0 Å². The molecule has 0 aromatic carbocycles. The van der Waals surface area contributed by atoms with Crippen molar-refractivity contribution < 1.29 is 9.90 Å². The standard InChI is InChI=1S/C23H38O2/c1-20(2,3)23(25)13-12-21(4)15(14-23)6-7-16-17-8-9-19(24)22(17,5)11-10-18(16)21/h15-18,25H,6-14H2,1-5H3/t15?,16-,17-,18-,21-,22-,23+/m0/s1. The predicted molar refractivity (Wildman–Crippen MR) is 101 cm³/mol. The fourth-order valence-electron chi connectivity index (χ4n) is 7.70. The summed E-state index contributed by atoms with van der Waals surface area (Å²) in [5.41, 5.74) is -0.163. The molecular weight excluding hydrogens is 308 g/mol. The Morgan fingerprint density at radius 2 is 1.68 bits per heavy atom. The summed E-state index contributed by atoms with van der Waals surface area (Å²) in [6.07, 6.45) is 9.98. The fraction of sp³-hybridized carbons (Fsp3) is 0.957. The highest BCUT2D eigenvalue weighted by Crippen LogP contribution is 2.67. The summed E-state index contributed by atoms with van der Waals surface area (Å²) in [4.78, 5) is 12.5. The van der Waals surface area contributed by atoms with Crippen molar-refractivity contribution in [1.82, 2.24) is 0 Å². The van der Waals surface area contributed by atoms with E-state index in [2.05, 4.69) is 34.6 Å². The highest BCUT2D eigenvalue weighted by atomic mass is 16.3. The monoisotopic (exact) mass is 346 g/mol. The first-order valence-electron chi connectivity index (χ1n) is 10.8. The minimum absolute atomic E-state index is 0.00875. The van der Waals surface area contributed by atoms with Gasteiger partial charge in [0, 0.05) is 11.8 Å². The zero-order valence-corrected chi connectivity index (χ0v) is 17.0. The molecule has 4 aliphatic rings. The average Bonchev–Trinajstić information content (AvgIpc) is 2.83. The molecule has 4 fully saturated rings. The van der Waals surface area contributed by atoms with Crippen molar-refractivity contribution in [2.24, 2.45) is 39.9 Å². The molecule has 0 bridgehead atoms. The molecule has 4 aliphatic carbocycles. The maximum absolute atomic E-state index is 12.5. The molecule has 2 nitrogen and oxygen atoms in total. The van der Waals surface area contributed by atoms with E-state index >= 15 is 0 Å². The zero-order chi connectivity index (χ0) is 18.3. The summed E-state index contributed by atoms with van der Waals surface area (Å²) >= 11 is 0. The maximum atomic E-state index is 12.5. The van der Waals surface area contributed by atoms with Crippen LogP contribution >= 0.6 is 0 Å². The predicted octanol–water partition coefficient (Wildman–Crippen LogP) is 5.38. The number of aliphatic hydroxyl groups is 1. The van der Waals surface area contributed by atoms with Crippen molar-refractivity contribution in [3.8, 4) is 0 Å². The molecule has 0 amide bonds. The van der Waals surface area contributed by atoms with Crippen molar-refractivity contribution in [2.75, 3.05) is 0 Å². The second kappa shape index (κ2) is 5.33. The van der Waals surface area contributed by atoms with Gasteiger partial charge < -0.3 is 5.11 Å². The number of fused-ring (bicyclic) bond motifs is 5. The largest absolute Gasteiger partial charge is 0.389 e. The first-order chi connectivity index (χ1) is 11.5. The molecule has 0 radical (unpaired) electrons. The van der Waals surface area contributed by atoms with Crippen LogP contribution in [0.5, 0.6) is 0 Å². The van der Waals surface area contributed by atoms with E-state index in [1.54, 1.807) is 0 Å². The molecule has 0 aromatic rings. The van der Waals surface area contributed by atoms with Crippen LogP contribution in [0.3, 0.4) is 0 Å². The van der Waals surface area contributed by atoms with Crippen molar-refractivity contribution in [3.63, 3.8) is 0 Å². The molecule has 0 spiro atoms. The van der Waals surface area contributed by atoms with Gasteiger partial charge in [0.15, 0.2) is 0 Å². The van der Waals surface area contributed by atoms with Crippen molar-refractivity contribution >= 4 is 5.78 Å². The van der Waals surface area contributed by atoms with Gasteiger partial charge >= 0.3 is 0 Å². The molecule has 0 aromatic heterocycles. The molecule has 142 valence electrons. The van der Waals surface area contributed by atoms with Gasteiger partial charge in [-0.1, -0.05) is 34.6 Å². The summed E-state index contributed by atoms with van der Waals surface area (Å²) in [5, 5.41) is 11.3. The topological polar surface area (TPSA) is 37.3 Å². The summed E-state index contributed by atoms with van der Waals surface area (Å²) in [6.45, 7) is 11.4. The molecule has 0 heterocycles. The lowest BCUT2D eigenvalue weighted by Crippen LogP contribution is -2.58. The smallest absolute Gasteiger partial charge is 0.139 e. The van der Waals surface area contributed by atoms with Crippen LogP contribution in [-0.2, 0) is 4.79 Å².